The monoisotopic (exact) mass is 480 g/mol. The number of alkyl halides is 2. The van der Waals surface area contributed by atoms with E-state index in [1.807, 2.05) is 18.2 Å². The molecule has 35 heavy (non-hydrogen) atoms. The van der Waals surface area contributed by atoms with Crippen molar-refractivity contribution in [3.63, 3.8) is 0 Å². The van der Waals surface area contributed by atoms with Crippen LogP contribution in [0.1, 0.15) is 100 Å². The molecule has 190 valence electrons. The Labute approximate surface area is 211 Å². The zero-order valence-electron chi connectivity index (χ0n) is 21.7. The third-order valence-corrected chi connectivity index (χ3v) is 7.62. The van der Waals surface area contributed by atoms with Gasteiger partial charge in [-0.2, -0.15) is 5.26 Å². The SMILES string of the molecule is CC#N.CCCN(CCCc1c(C2(F)CCCC2)cccc1C1(F)CCCC1)Cc1ccccc1. The van der Waals surface area contributed by atoms with Gasteiger partial charge >= 0.3 is 0 Å². The lowest BCUT2D eigenvalue weighted by Gasteiger charge is -2.30. The smallest absolute Gasteiger partial charge is 0.136 e. The van der Waals surface area contributed by atoms with Crippen molar-refractivity contribution in [2.24, 2.45) is 0 Å². The summed E-state index contributed by atoms with van der Waals surface area (Å²) >= 11 is 0. The Bertz CT molecular complexity index is 898. The van der Waals surface area contributed by atoms with Crippen LogP contribution in [-0.2, 0) is 24.3 Å². The normalized spacial score (nSPS) is 18.2. The average Bonchev–Trinajstić information content (AvgIpc) is 3.50. The summed E-state index contributed by atoms with van der Waals surface area (Å²) in [6, 6.07) is 18.2. The molecule has 2 fully saturated rings. The lowest BCUT2D eigenvalue weighted by Crippen LogP contribution is -2.27. The van der Waals surface area contributed by atoms with Crippen molar-refractivity contribution in [3.8, 4) is 6.07 Å². The molecule has 2 nitrogen and oxygen atoms in total. The first-order chi connectivity index (χ1) is 17.0. The maximum Gasteiger partial charge on any atom is 0.136 e. The van der Waals surface area contributed by atoms with E-state index >= 15 is 8.78 Å². The summed E-state index contributed by atoms with van der Waals surface area (Å²) in [7, 11) is 0. The predicted octanol–water partition coefficient (Wildman–Crippen LogP) is 8.54. The molecule has 0 bridgehead atoms. The number of nitriles is 1. The van der Waals surface area contributed by atoms with Gasteiger partial charge in [-0.3, -0.25) is 4.90 Å². The maximum absolute atomic E-state index is 16.0. The highest BCUT2D eigenvalue weighted by Crippen LogP contribution is 2.49. The van der Waals surface area contributed by atoms with Gasteiger partial charge in [-0.15, -0.1) is 0 Å². The quantitative estimate of drug-likeness (QED) is 0.341. The summed E-state index contributed by atoms with van der Waals surface area (Å²) in [4.78, 5) is 2.49. The van der Waals surface area contributed by atoms with Crippen molar-refractivity contribution in [3.05, 3.63) is 70.8 Å². The average molecular weight is 481 g/mol. The second kappa shape index (κ2) is 13.2. The van der Waals surface area contributed by atoms with Crippen LogP contribution < -0.4 is 0 Å². The summed E-state index contributed by atoms with van der Waals surface area (Å²) in [6.07, 6.45) is 8.86. The molecule has 4 heteroatoms. The van der Waals surface area contributed by atoms with Gasteiger partial charge in [0.15, 0.2) is 0 Å². The highest BCUT2D eigenvalue weighted by Gasteiger charge is 2.42. The molecule has 0 heterocycles. The number of hydrogen-bond acceptors (Lipinski definition) is 2. The highest BCUT2D eigenvalue weighted by molar-refractivity contribution is 5.43. The molecule has 0 aliphatic heterocycles. The van der Waals surface area contributed by atoms with Crippen LogP contribution in [0.4, 0.5) is 8.78 Å². The Balaban J connectivity index is 0.00000108. The van der Waals surface area contributed by atoms with Gasteiger partial charge in [-0.1, -0.05) is 55.5 Å². The van der Waals surface area contributed by atoms with E-state index in [1.165, 1.54) is 12.5 Å². The number of rotatable bonds is 10. The van der Waals surface area contributed by atoms with E-state index in [9.17, 15) is 0 Å². The van der Waals surface area contributed by atoms with E-state index in [4.69, 9.17) is 5.26 Å². The molecular weight excluding hydrogens is 438 g/mol. The van der Waals surface area contributed by atoms with E-state index in [1.54, 1.807) is 6.07 Å². The van der Waals surface area contributed by atoms with Gasteiger partial charge in [0.1, 0.15) is 11.3 Å². The van der Waals surface area contributed by atoms with Crippen molar-refractivity contribution >= 4 is 0 Å². The Morgan fingerprint density at radius 2 is 1.34 bits per heavy atom. The Kier molecular flexibility index (Phi) is 10.3. The van der Waals surface area contributed by atoms with E-state index < -0.39 is 11.3 Å². The predicted molar refractivity (Wildman–Crippen MR) is 141 cm³/mol. The number of hydrogen-bond donors (Lipinski definition) is 0. The molecule has 0 N–H and O–H groups in total. The number of benzene rings is 2. The molecular formula is C31H42F2N2. The zero-order valence-corrected chi connectivity index (χ0v) is 21.7. The van der Waals surface area contributed by atoms with Crippen LogP contribution in [0.25, 0.3) is 0 Å². The molecule has 0 amide bonds. The molecule has 2 aromatic carbocycles. The van der Waals surface area contributed by atoms with Crippen molar-refractivity contribution in [2.45, 2.75) is 102 Å². The molecule has 2 saturated carbocycles. The van der Waals surface area contributed by atoms with Crippen LogP contribution in [0.2, 0.25) is 0 Å². The van der Waals surface area contributed by atoms with Crippen LogP contribution >= 0.6 is 0 Å². The molecule has 0 aromatic heterocycles. The summed E-state index contributed by atoms with van der Waals surface area (Å²) in [6.45, 7) is 6.58. The second-order valence-corrected chi connectivity index (χ2v) is 10.3. The third kappa shape index (κ3) is 7.14. The summed E-state index contributed by atoms with van der Waals surface area (Å²) in [5, 5.41) is 7.32. The lowest BCUT2D eigenvalue weighted by molar-refractivity contribution is 0.162. The van der Waals surface area contributed by atoms with Crippen LogP contribution in [-0.4, -0.2) is 18.0 Å². The van der Waals surface area contributed by atoms with E-state index in [0.717, 1.165) is 81.3 Å². The van der Waals surface area contributed by atoms with Gasteiger partial charge in [-0.05, 0) is 106 Å². The Morgan fingerprint density at radius 1 is 0.829 bits per heavy atom. The molecule has 2 aliphatic rings. The highest BCUT2D eigenvalue weighted by atomic mass is 19.1. The first-order valence-electron chi connectivity index (χ1n) is 13.5. The number of nitrogens with zero attached hydrogens (tertiary/aromatic N) is 2. The van der Waals surface area contributed by atoms with Crippen molar-refractivity contribution in [1.82, 2.24) is 4.90 Å². The molecule has 0 atom stereocenters. The molecule has 4 rings (SSSR count). The minimum atomic E-state index is -1.27. The topological polar surface area (TPSA) is 27.0 Å². The van der Waals surface area contributed by atoms with Crippen LogP contribution in [0.5, 0.6) is 0 Å². The fraction of sp³-hybridized carbons (Fsp3) is 0.581. The van der Waals surface area contributed by atoms with Gasteiger partial charge in [0.05, 0.1) is 6.07 Å². The van der Waals surface area contributed by atoms with E-state index in [-0.39, 0.29) is 0 Å². The minimum absolute atomic E-state index is 0.582. The van der Waals surface area contributed by atoms with Gasteiger partial charge in [-0.25, -0.2) is 8.78 Å². The van der Waals surface area contributed by atoms with Gasteiger partial charge in [0, 0.05) is 13.5 Å². The Morgan fingerprint density at radius 3 is 1.83 bits per heavy atom. The standard InChI is InChI=1S/C29H39F2N.C2H3N/c1-2-21-32(23-24-12-4-3-5-13-24)22-11-14-25-26(28(30)17-6-7-18-28)15-10-16-27(25)29(31)19-8-9-20-29;1-2-3/h3-5,10,12-13,15-16H,2,6-9,11,14,17-23H2,1H3;1H3. The molecule has 0 spiro atoms. The van der Waals surface area contributed by atoms with Gasteiger partial charge in [0.25, 0.3) is 0 Å². The Hall–Kier alpha value is -2.25. The van der Waals surface area contributed by atoms with Crippen molar-refractivity contribution < 1.29 is 8.78 Å². The van der Waals surface area contributed by atoms with Crippen molar-refractivity contribution in [2.75, 3.05) is 13.1 Å². The first-order valence-corrected chi connectivity index (χ1v) is 13.5. The van der Waals surface area contributed by atoms with Gasteiger partial charge < -0.3 is 0 Å². The molecule has 2 aromatic rings. The molecule has 0 radical (unpaired) electrons. The van der Waals surface area contributed by atoms with Crippen LogP contribution in [0.15, 0.2) is 48.5 Å². The number of halogens is 2. The fourth-order valence-electron chi connectivity index (χ4n) is 6.01. The van der Waals surface area contributed by atoms with E-state index in [2.05, 4.69) is 42.2 Å². The first kappa shape index (κ1) is 27.3. The molecule has 0 unspecified atom stereocenters. The lowest BCUT2D eigenvalue weighted by atomic mass is 9.80. The van der Waals surface area contributed by atoms with Crippen LogP contribution in [0.3, 0.4) is 0 Å². The summed E-state index contributed by atoms with van der Waals surface area (Å²) in [5.74, 6) is 0. The zero-order chi connectivity index (χ0) is 25.2. The molecule has 2 aliphatic carbocycles. The summed E-state index contributed by atoms with van der Waals surface area (Å²) < 4.78 is 31.9. The van der Waals surface area contributed by atoms with Gasteiger partial charge in [0.2, 0.25) is 0 Å². The van der Waals surface area contributed by atoms with E-state index in [0.29, 0.717) is 25.7 Å². The third-order valence-electron chi connectivity index (χ3n) is 7.62. The maximum atomic E-state index is 16.0. The fourth-order valence-corrected chi connectivity index (χ4v) is 6.01. The molecule has 0 saturated heterocycles. The second-order valence-electron chi connectivity index (χ2n) is 10.3. The van der Waals surface area contributed by atoms with Crippen LogP contribution in [0, 0.1) is 11.3 Å². The largest absolute Gasteiger partial charge is 0.299 e. The summed E-state index contributed by atoms with van der Waals surface area (Å²) in [5.41, 5.74) is 1.35. The van der Waals surface area contributed by atoms with Crippen molar-refractivity contribution in [1.29, 1.82) is 5.26 Å². The minimum Gasteiger partial charge on any atom is -0.299 e.